The quantitative estimate of drug-likeness (QED) is 0.783. The fraction of sp³-hybridized carbons (Fsp3) is 0.667. The van der Waals surface area contributed by atoms with Crippen molar-refractivity contribution in [3.05, 3.63) is 18.0 Å². The second-order valence-corrected chi connectivity index (χ2v) is 10.3. The molecule has 2 heterocycles. The van der Waals surface area contributed by atoms with Gasteiger partial charge >= 0.3 is 0 Å². The molecular formula is C18H30N4O4S. The van der Waals surface area contributed by atoms with Gasteiger partial charge < -0.3 is 15.2 Å². The number of likely N-dealkylation sites (N-methyl/N-ethyl adjacent to an activating group) is 1. The van der Waals surface area contributed by atoms with Crippen LogP contribution >= 0.6 is 0 Å². The Hall–Kier alpha value is -1.87. The molecule has 0 bridgehead atoms. The highest BCUT2D eigenvalue weighted by atomic mass is 32.2. The van der Waals surface area contributed by atoms with Gasteiger partial charge in [0.25, 0.3) is 5.91 Å². The normalized spacial score (nSPS) is 16.6. The van der Waals surface area contributed by atoms with Crippen LogP contribution in [-0.4, -0.2) is 66.6 Å². The Balaban J connectivity index is 2.07. The topological polar surface area (TPSA) is 103 Å². The number of piperidine rings is 1. The van der Waals surface area contributed by atoms with Crippen molar-refractivity contribution in [1.82, 2.24) is 19.5 Å². The summed E-state index contributed by atoms with van der Waals surface area (Å²) in [5, 5.41) is 2.73. The number of hydrogen-bond donors (Lipinski definition) is 2. The minimum atomic E-state index is -3.87. The van der Waals surface area contributed by atoms with Gasteiger partial charge in [0.2, 0.25) is 15.9 Å². The standard InChI is InChI=1S/C18H30N4O4S/c1-13-6-8-22(9-7-13)17(24)15-10-14(11-19-15)27(25,26)21(5)12-16(23)20-18(2,3)4/h10-11,13,19H,6-9,12H2,1-5H3,(H,20,23). The summed E-state index contributed by atoms with van der Waals surface area (Å²) in [7, 11) is -2.53. The van der Waals surface area contributed by atoms with E-state index >= 15 is 0 Å². The molecule has 1 fully saturated rings. The first kappa shape index (κ1) is 21.4. The smallest absolute Gasteiger partial charge is 0.270 e. The molecule has 1 aliphatic rings. The van der Waals surface area contributed by atoms with Crippen LogP contribution < -0.4 is 5.32 Å². The molecule has 0 atom stereocenters. The van der Waals surface area contributed by atoms with E-state index in [2.05, 4.69) is 17.2 Å². The lowest BCUT2D eigenvalue weighted by Crippen LogP contribution is -2.46. The first-order chi connectivity index (χ1) is 12.4. The number of carbonyl (C=O) groups excluding carboxylic acids is 2. The van der Waals surface area contributed by atoms with Crippen LogP contribution in [0.25, 0.3) is 0 Å². The van der Waals surface area contributed by atoms with E-state index < -0.39 is 15.6 Å². The lowest BCUT2D eigenvalue weighted by Gasteiger charge is -2.29. The number of nitrogens with zero attached hydrogens (tertiary/aromatic N) is 2. The van der Waals surface area contributed by atoms with Gasteiger partial charge in [-0.2, -0.15) is 4.31 Å². The van der Waals surface area contributed by atoms with E-state index in [0.717, 1.165) is 17.1 Å². The third-order valence-electron chi connectivity index (χ3n) is 4.55. The molecule has 0 aliphatic carbocycles. The first-order valence-electron chi connectivity index (χ1n) is 9.15. The molecule has 1 aliphatic heterocycles. The van der Waals surface area contributed by atoms with Crippen molar-refractivity contribution in [3.63, 3.8) is 0 Å². The second kappa shape index (κ2) is 8.02. The molecule has 1 saturated heterocycles. The van der Waals surface area contributed by atoms with Crippen LogP contribution in [0.5, 0.6) is 0 Å². The molecule has 0 spiro atoms. The van der Waals surface area contributed by atoms with Crippen molar-refractivity contribution < 1.29 is 18.0 Å². The molecule has 8 nitrogen and oxygen atoms in total. The van der Waals surface area contributed by atoms with Gasteiger partial charge in [-0.25, -0.2) is 8.42 Å². The van der Waals surface area contributed by atoms with Gasteiger partial charge in [0.05, 0.1) is 6.54 Å². The summed E-state index contributed by atoms with van der Waals surface area (Å²) in [6, 6.07) is 1.34. The molecule has 1 aromatic rings. The Morgan fingerprint density at radius 1 is 1.30 bits per heavy atom. The predicted octanol–water partition coefficient (Wildman–Crippen LogP) is 1.42. The van der Waals surface area contributed by atoms with E-state index in [1.807, 2.05) is 20.8 Å². The van der Waals surface area contributed by atoms with Crippen LogP contribution in [0.3, 0.4) is 0 Å². The molecule has 9 heteroatoms. The van der Waals surface area contributed by atoms with Crippen LogP contribution in [0.2, 0.25) is 0 Å². The fourth-order valence-corrected chi connectivity index (χ4v) is 4.08. The van der Waals surface area contributed by atoms with Crippen molar-refractivity contribution in [1.29, 1.82) is 0 Å². The Labute approximate surface area is 161 Å². The molecule has 152 valence electrons. The predicted molar refractivity (Wildman–Crippen MR) is 103 cm³/mol. The zero-order chi connectivity index (χ0) is 20.4. The largest absolute Gasteiger partial charge is 0.356 e. The number of aromatic nitrogens is 1. The molecule has 2 rings (SSSR count). The summed E-state index contributed by atoms with van der Waals surface area (Å²) in [5.74, 6) is 0.0147. The Morgan fingerprint density at radius 2 is 1.89 bits per heavy atom. The number of sulfonamides is 1. The number of hydrogen-bond acceptors (Lipinski definition) is 4. The molecule has 0 aromatic carbocycles. The fourth-order valence-electron chi connectivity index (χ4n) is 2.95. The van der Waals surface area contributed by atoms with Gasteiger partial charge in [-0.1, -0.05) is 6.92 Å². The lowest BCUT2D eigenvalue weighted by atomic mass is 9.99. The number of H-pyrrole nitrogens is 1. The third-order valence-corrected chi connectivity index (χ3v) is 6.33. The molecular weight excluding hydrogens is 368 g/mol. The molecule has 2 N–H and O–H groups in total. The van der Waals surface area contributed by atoms with Crippen molar-refractivity contribution in [2.75, 3.05) is 26.7 Å². The van der Waals surface area contributed by atoms with Crippen molar-refractivity contribution in [2.24, 2.45) is 5.92 Å². The molecule has 2 amide bonds. The highest BCUT2D eigenvalue weighted by molar-refractivity contribution is 7.89. The van der Waals surface area contributed by atoms with Crippen molar-refractivity contribution >= 4 is 21.8 Å². The van der Waals surface area contributed by atoms with Gasteiger partial charge in [-0.3, -0.25) is 9.59 Å². The number of carbonyl (C=O) groups is 2. The zero-order valence-corrected chi connectivity index (χ0v) is 17.5. The highest BCUT2D eigenvalue weighted by Gasteiger charge is 2.28. The van der Waals surface area contributed by atoms with Gasteiger partial charge in [0.15, 0.2) is 0 Å². The number of nitrogens with one attached hydrogen (secondary N) is 2. The first-order valence-corrected chi connectivity index (χ1v) is 10.6. The van der Waals surface area contributed by atoms with E-state index in [4.69, 9.17) is 0 Å². The maximum Gasteiger partial charge on any atom is 0.270 e. The van der Waals surface area contributed by atoms with Crippen LogP contribution in [0.4, 0.5) is 0 Å². The lowest BCUT2D eigenvalue weighted by molar-refractivity contribution is -0.122. The summed E-state index contributed by atoms with van der Waals surface area (Å²) in [6.45, 7) is 8.69. The molecule has 1 aromatic heterocycles. The molecule has 0 radical (unpaired) electrons. The van der Waals surface area contributed by atoms with Crippen LogP contribution in [0.15, 0.2) is 17.2 Å². The monoisotopic (exact) mass is 398 g/mol. The number of rotatable bonds is 5. The molecule has 0 saturated carbocycles. The van der Waals surface area contributed by atoms with Gasteiger partial charge in [0.1, 0.15) is 10.6 Å². The average Bonchev–Trinajstić information content (AvgIpc) is 3.03. The van der Waals surface area contributed by atoms with Crippen LogP contribution in [-0.2, 0) is 14.8 Å². The van der Waals surface area contributed by atoms with Gasteiger partial charge in [0, 0.05) is 31.9 Å². The maximum atomic E-state index is 12.7. The van der Waals surface area contributed by atoms with Crippen molar-refractivity contribution in [2.45, 2.75) is 51.0 Å². The molecule has 27 heavy (non-hydrogen) atoms. The summed E-state index contributed by atoms with van der Waals surface area (Å²) in [5.41, 5.74) is -0.197. The minimum absolute atomic E-state index is 0.0257. The Morgan fingerprint density at radius 3 is 2.44 bits per heavy atom. The highest BCUT2D eigenvalue weighted by Crippen LogP contribution is 2.20. The SMILES string of the molecule is CC1CCN(C(=O)c2cc(S(=O)(=O)N(C)CC(=O)NC(C)(C)C)c[nH]2)CC1. The summed E-state index contributed by atoms with van der Waals surface area (Å²) in [6.07, 6.45) is 3.19. The van der Waals surface area contributed by atoms with Crippen LogP contribution in [0, 0.1) is 5.92 Å². The van der Waals surface area contributed by atoms with E-state index in [9.17, 15) is 18.0 Å². The second-order valence-electron chi connectivity index (χ2n) is 8.28. The number of amides is 2. The van der Waals surface area contributed by atoms with Crippen molar-refractivity contribution in [3.8, 4) is 0 Å². The van der Waals surface area contributed by atoms with E-state index in [1.54, 1.807) is 4.90 Å². The van der Waals surface area contributed by atoms with E-state index in [1.165, 1.54) is 19.3 Å². The average molecular weight is 399 g/mol. The summed E-state index contributed by atoms with van der Waals surface area (Å²) >= 11 is 0. The Bertz CT molecular complexity index is 787. The van der Waals surface area contributed by atoms with E-state index in [0.29, 0.717) is 19.0 Å². The number of likely N-dealkylation sites (tertiary alicyclic amines) is 1. The van der Waals surface area contributed by atoms with Gasteiger partial charge in [-0.05, 0) is 45.6 Å². The number of aromatic amines is 1. The van der Waals surface area contributed by atoms with Crippen LogP contribution in [0.1, 0.15) is 51.0 Å². The zero-order valence-electron chi connectivity index (χ0n) is 16.7. The molecule has 0 unspecified atom stereocenters. The van der Waals surface area contributed by atoms with Gasteiger partial charge in [-0.15, -0.1) is 0 Å². The minimum Gasteiger partial charge on any atom is -0.356 e. The Kier molecular flexibility index (Phi) is 6.36. The summed E-state index contributed by atoms with van der Waals surface area (Å²) < 4.78 is 26.4. The summed E-state index contributed by atoms with van der Waals surface area (Å²) in [4.78, 5) is 29.1. The maximum absolute atomic E-state index is 12.7. The van der Waals surface area contributed by atoms with E-state index in [-0.39, 0.29) is 28.9 Å². The third kappa shape index (κ3) is 5.55.